The molecule has 0 unspecified atom stereocenters. The summed E-state index contributed by atoms with van der Waals surface area (Å²) in [7, 11) is 0. The van der Waals surface area contributed by atoms with Gasteiger partial charge in [-0.25, -0.2) is 4.68 Å². The zero-order valence-electron chi connectivity index (χ0n) is 8.35. The lowest BCUT2D eigenvalue weighted by atomic mass is 10.6. The number of rotatable bonds is 7. The third kappa shape index (κ3) is 4.20. The predicted molar refractivity (Wildman–Crippen MR) is 51.7 cm³/mol. The number of nitrogens with zero attached hydrogens (tertiary/aromatic N) is 3. The maximum atomic E-state index is 5.39. The average Bonchev–Trinajstić information content (AvgIpc) is 2.58. The minimum absolute atomic E-state index is 0.430. The zero-order valence-corrected chi connectivity index (χ0v) is 8.35. The Labute approximate surface area is 83.0 Å². The smallest absolute Gasteiger partial charge is 0.165 e. The molecule has 1 aromatic heterocycles. The van der Waals surface area contributed by atoms with E-state index in [0.717, 1.165) is 6.61 Å². The summed E-state index contributed by atoms with van der Waals surface area (Å²) in [5.41, 5.74) is 5.39. The number of nitrogens with two attached hydrogens (primary N) is 1. The minimum Gasteiger partial charge on any atom is -0.381 e. The first-order valence-corrected chi connectivity index (χ1v) is 4.64. The van der Waals surface area contributed by atoms with Gasteiger partial charge in [-0.3, -0.25) is 0 Å². The molecular weight excluding hydrogens is 184 g/mol. The van der Waals surface area contributed by atoms with E-state index in [4.69, 9.17) is 15.2 Å². The summed E-state index contributed by atoms with van der Waals surface area (Å²) in [6.07, 6.45) is 1.67. The van der Waals surface area contributed by atoms with Crippen LogP contribution in [0.1, 0.15) is 6.92 Å². The molecule has 0 aromatic carbocycles. The number of hydrogen-bond acceptors (Lipinski definition) is 5. The number of anilines is 1. The van der Waals surface area contributed by atoms with Gasteiger partial charge in [0, 0.05) is 6.61 Å². The van der Waals surface area contributed by atoms with E-state index in [1.54, 1.807) is 10.9 Å². The Hall–Kier alpha value is -1.14. The molecule has 2 N–H and O–H groups in total. The Morgan fingerprint density at radius 1 is 1.36 bits per heavy atom. The fraction of sp³-hybridized carbons (Fsp3) is 0.750. The van der Waals surface area contributed by atoms with Crippen LogP contribution in [0, 0.1) is 0 Å². The van der Waals surface area contributed by atoms with Gasteiger partial charge in [-0.1, -0.05) is 5.21 Å². The lowest BCUT2D eigenvalue weighted by Crippen LogP contribution is -2.10. The quantitative estimate of drug-likeness (QED) is 0.623. The molecule has 80 valence electrons. The fourth-order valence-electron chi connectivity index (χ4n) is 0.945. The molecule has 0 spiro atoms. The third-order valence-corrected chi connectivity index (χ3v) is 1.60. The summed E-state index contributed by atoms with van der Waals surface area (Å²) in [6.45, 7) is 5.18. The van der Waals surface area contributed by atoms with Gasteiger partial charge >= 0.3 is 0 Å². The molecule has 14 heavy (non-hydrogen) atoms. The molecule has 6 heteroatoms. The zero-order chi connectivity index (χ0) is 10.2. The summed E-state index contributed by atoms with van der Waals surface area (Å²) < 4.78 is 12.1. The van der Waals surface area contributed by atoms with Gasteiger partial charge in [-0.05, 0) is 6.92 Å². The van der Waals surface area contributed by atoms with Gasteiger partial charge in [0.25, 0.3) is 0 Å². The third-order valence-electron chi connectivity index (χ3n) is 1.60. The van der Waals surface area contributed by atoms with Gasteiger partial charge in [-0.15, -0.1) is 5.10 Å². The van der Waals surface area contributed by atoms with Crippen molar-refractivity contribution < 1.29 is 9.47 Å². The highest BCUT2D eigenvalue weighted by Gasteiger charge is 1.95. The van der Waals surface area contributed by atoms with E-state index in [2.05, 4.69) is 10.3 Å². The van der Waals surface area contributed by atoms with Crippen molar-refractivity contribution in [2.75, 3.05) is 32.2 Å². The van der Waals surface area contributed by atoms with Crippen molar-refractivity contribution in [3.8, 4) is 0 Å². The second-order valence-electron chi connectivity index (χ2n) is 2.72. The lowest BCUT2D eigenvalue weighted by molar-refractivity contribution is 0.0486. The molecular formula is C8H16N4O2. The molecule has 0 saturated heterocycles. The summed E-state index contributed by atoms with van der Waals surface area (Å²) in [5, 5.41) is 7.44. The van der Waals surface area contributed by atoms with Crippen LogP contribution in [0.5, 0.6) is 0 Å². The maximum absolute atomic E-state index is 5.39. The lowest BCUT2D eigenvalue weighted by Gasteiger charge is -2.03. The van der Waals surface area contributed by atoms with E-state index < -0.39 is 0 Å². The molecule has 1 heterocycles. The fourth-order valence-corrected chi connectivity index (χ4v) is 0.945. The van der Waals surface area contributed by atoms with Crippen LogP contribution >= 0.6 is 0 Å². The van der Waals surface area contributed by atoms with E-state index in [1.807, 2.05) is 6.92 Å². The van der Waals surface area contributed by atoms with Gasteiger partial charge in [0.2, 0.25) is 0 Å². The Morgan fingerprint density at radius 2 is 2.14 bits per heavy atom. The van der Waals surface area contributed by atoms with E-state index in [1.165, 1.54) is 0 Å². The average molecular weight is 200 g/mol. The molecule has 0 atom stereocenters. The van der Waals surface area contributed by atoms with Crippen LogP contribution in [0.4, 0.5) is 5.82 Å². The van der Waals surface area contributed by atoms with Crippen molar-refractivity contribution in [2.24, 2.45) is 0 Å². The normalized spacial score (nSPS) is 10.6. The second kappa shape index (κ2) is 6.33. The molecule has 1 aromatic rings. The SMILES string of the molecule is CCOCCOCCn1cc(N)nn1. The van der Waals surface area contributed by atoms with Crippen LogP contribution in [0.15, 0.2) is 6.20 Å². The van der Waals surface area contributed by atoms with E-state index >= 15 is 0 Å². The second-order valence-corrected chi connectivity index (χ2v) is 2.72. The Kier molecular flexibility index (Phi) is 4.95. The Balaban J connectivity index is 1.99. The Morgan fingerprint density at radius 3 is 2.79 bits per heavy atom. The van der Waals surface area contributed by atoms with Crippen LogP contribution in [-0.2, 0) is 16.0 Å². The Bertz CT molecular complexity index is 251. The van der Waals surface area contributed by atoms with E-state index in [0.29, 0.717) is 32.2 Å². The van der Waals surface area contributed by atoms with Crippen molar-refractivity contribution >= 4 is 5.82 Å². The largest absolute Gasteiger partial charge is 0.381 e. The van der Waals surface area contributed by atoms with Crippen LogP contribution in [0.25, 0.3) is 0 Å². The number of nitrogen functional groups attached to an aromatic ring is 1. The van der Waals surface area contributed by atoms with Gasteiger partial charge in [-0.2, -0.15) is 0 Å². The number of hydrogen-bond donors (Lipinski definition) is 1. The van der Waals surface area contributed by atoms with Gasteiger partial charge in [0.1, 0.15) is 0 Å². The number of aromatic nitrogens is 3. The summed E-state index contributed by atoms with van der Waals surface area (Å²) in [6, 6.07) is 0. The number of ether oxygens (including phenoxy) is 2. The first-order valence-electron chi connectivity index (χ1n) is 4.64. The first kappa shape index (κ1) is 10.9. The molecule has 0 amide bonds. The van der Waals surface area contributed by atoms with Crippen LogP contribution < -0.4 is 5.73 Å². The van der Waals surface area contributed by atoms with Crippen LogP contribution in [-0.4, -0.2) is 41.4 Å². The molecule has 6 nitrogen and oxygen atoms in total. The van der Waals surface area contributed by atoms with Gasteiger partial charge in [0.05, 0.1) is 32.6 Å². The molecule has 0 bridgehead atoms. The standard InChI is InChI=1S/C8H16N4O2/c1-2-13-5-6-14-4-3-12-7-8(9)10-11-12/h7H,2-6,9H2,1H3. The predicted octanol–water partition coefficient (Wildman–Crippen LogP) is -0.0866. The minimum atomic E-state index is 0.430. The summed E-state index contributed by atoms with van der Waals surface area (Å²) in [5.74, 6) is 0.430. The molecule has 1 rings (SSSR count). The summed E-state index contributed by atoms with van der Waals surface area (Å²) in [4.78, 5) is 0. The molecule has 0 aliphatic heterocycles. The highest BCUT2D eigenvalue weighted by Crippen LogP contribution is 1.92. The van der Waals surface area contributed by atoms with Crippen LogP contribution in [0.3, 0.4) is 0 Å². The highest BCUT2D eigenvalue weighted by atomic mass is 16.5. The molecule has 0 radical (unpaired) electrons. The van der Waals surface area contributed by atoms with Crippen molar-refractivity contribution in [1.29, 1.82) is 0 Å². The first-order chi connectivity index (χ1) is 6.83. The van der Waals surface area contributed by atoms with Crippen molar-refractivity contribution in [1.82, 2.24) is 15.0 Å². The molecule has 0 aliphatic rings. The van der Waals surface area contributed by atoms with E-state index in [9.17, 15) is 0 Å². The molecule has 0 saturated carbocycles. The van der Waals surface area contributed by atoms with Crippen molar-refractivity contribution in [3.05, 3.63) is 6.20 Å². The van der Waals surface area contributed by atoms with Crippen molar-refractivity contribution in [2.45, 2.75) is 13.5 Å². The highest BCUT2D eigenvalue weighted by molar-refractivity contribution is 5.19. The van der Waals surface area contributed by atoms with Crippen molar-refractivity contribution in [3.63, 3.8) is 0 Å². The molecule has 0 aliphatic carbocycles. The van der Waals surface area contributed by atoms with E-state index in [-0.39, 0.29) is 0 Å². The summed E-state index contributed by atoms with van der Waals surface area (Å²) >= 11 is 0. The van der Waals surface area contributed by atoms with Crippen LogP contribution in [0.2, 0.25) is 0 Å². The monoisotopic (exact) mass is 200 g/mol. The topological polar surface area (TPSA) is 75.2 Å². The maximum Gasteiger partial charge on any atom is 0.165 e. The molecule has 0 fully saturated rings. The van der Waals surface area contributed by atoms with Gasteiger partial charge in [0.15, 0.2) is 5.82 Å². The van der Waals surface area contributed by atoms with Gasteiger partial charge < -0.3 is 15.2 Å².